The van der Waals surface area contributed by atoms with E-state index < -0.39 is 11.9 Å². The zero-order valence-electron chi connectivity index (χ0n) is 12.1. The maximum atomic E-state index is 12.3. The van der Waals surface area contributed by atoms with Gasteiger partial charge >= 0.3 is 5.97 Å². The number of amides is 1. The molecule has 25 heavy (non-hydrogen) atoms. The standard InChI is InChI=1S/C15H8Cl2I2N2O3S/c16-9-3-1-2-7(11(9)17)13(22)21-15(25)20-12-8(14(23)24)4-6(18)5-10(12)19/h1-5H,(H,23,24)(H2,20,21,22,25). The number of hydrogen-bond acceptors (Lipinski definition) is 3. The van der Waals surface area contributed by atoms with Crippen LogP contribution in [0, 0.1) is 7.14 Å². The summed E-state index contributed by atoms with van der Waals surface area (Å²) < 4.78 is 1.42. The van der Waals surface area contributed by atoms with Gasteiger partial charge in [0.25, 0.3) is 5.91 Å². The van der Waals surface area contributed by atoms with Crippen LogP contribution in [0.3, 0.4) is 0 Å². The molecule has 10 heteroatoms. The van der Waals surface area contributed by atoms with Crippen molar-refractivity contribution in [3.05, 3.63) is 58.6 Å². The van der Waals surface area contributed by atoms with Crippen LogP contribution in [0.5, 0.6) is 0 Å². The second-order valence-corrected chi connectivity index (χ2v) is 8.23. The minimum absolute atomic E-state index is 0.0497. The van der Waals surface area contributed by atoms with Gasteiger partial charge in [-0.3, -0.25) is 10.1 Å². The monoisotopic (exact) mass is 620 g/mol. The molecule has 0 fully saturated rings. The molecule has 0 aliphatic rings. The van der Waals surface area contributed by atoms with E-state index in [4.69, 9.17) is 35.4 Å². The molecule has 3 N–H and O–H groups in total. The number of carbonyl (C=O) groups is 2. The molecule has 130 valence electrons. The third-order valence-electron chi connectivity index (χ3n) is 2.95. The highest BCUT2D eigenvalue weighted by Crippen LogP contribution is 2.27. The summed E-state index contributed by atoms with van der Waals surface area (Å²) in [5.74, 6) is -1.66. The Kier molecular flexibility index (Phi) is 7.26. The number of aromatic carboxylic acids is 1. The molecule has 2 rings (SSSR count). The molecule has 1 amide bonds. The summed E-state index contributed by atoms with van der Waals surface area (Å²) in [4.78, 5) is 23.7. The number of carbonyl (C=O) groups excluding carboxylic acids is 1. The molecule has 2 aromatic rings. The highest BCUT2D eigenvalue weighted by atomic mass is 127. The van der Waals surface area contributed by atoms with E-state index >= 15 is 0 Å². The molecule has 0 aliphatic carbocycles. The predicted molar refractivity (Wildman–Crippen MR) is 119 cm³/mol. The Morgan fingerprint density at radius 3 is 2.44 bits per heavy atom. The Morgan fingerprint density at radius 1 is 1.12 bits per heavy atom. The molecule has 0 saturated heterocycles. The van der Waals surface area contributed by atoms with Crippen LogP contribution < -0.4 is 10.6 Å². The molecule has 0 radical (unpaired) electrons. The number of carboxylic acid groups (broad SMARTS) is 1. The van der Waals surface area contributed by atoms with Gasteiger partial charge in [0.15, 0.2) is 5.11 Å². The number of hydrogen-bond donors (Lipinski definition) is 3. The molecule has 0 atom stereocenters. The quantitative estimate of drug-likeness (QED) is 0.332. The van der Waals surface area contributed by atoms with Gasteiger partial charge in [-0.1, -0.05) is 29.3 Å². The summed E-state index contributed by atoms with van der Waals surface area (Å²) in [6.07, 6.45) is 0. The molecule has 0 unspecified atom stereocenters. The zero-order valence-corrected chi connectivity index (χ0v) is 18.7. The Bertz CT molecular complexity index is 893. The van der Waals surface area contributed by atoms with E-state index in [9.17, 15) is 14.7 Å². The molecule has 0 bridgehead atoms. The maximum absolute atomic E-state index is 12.3. The number of anilines is 1. The Hall–Kier alpha value is -0.690. The van der Waals surface area contributed by atoms with Gasteiger partial charge in [-0.15, -0.1) is 0 Å². The summed E-state index contributed by atoms with van der Waals surface area (Å²) in [5, 5.41) is 14.9. The molecule has 0 heterocycles. The van der Waals surface area contributed by atoms with E-state index in [1.807, 2.05) is 45.2 Å². The van der Waals surface area contributed by atoms with E-state index in [-0.39, 0.29) is 26.3 Å². The van der Waals surface area contributed by atoms with E-state index in [0.29, 0.717) is 9.26 Å². The Labute approximate surface area is 185 Å². The number of benzene rings is 2. The third-order valence-corrected chi connectivity index (χ3v) is 5.44. The van der Waals surface area contributed by atoms with Crippen LogP contribution >= 0.6 is 80.6 Å². The fourth-order valence-corrected chi connectivity index (χ4v) is 4.42. The molecule has 2 aromatic carbocycles. The van der Waals surface area contributed by atoms with Crippen molar-refractivity contribution in [1.29, 1.82) is 0 Å². The van der Waals surface area contributed by atoms with Gasteiger partial charge in [-0.25, -0.2) is 4.79 Å². The first-order valence-electron chi connectivity index (χ1n) is 6.49. The summed E-state index contributed by atoms with van der Waals surface area (Å²) in [6, 6.07) is 7.94. The highest BCUT2D eigenvalue weighted by Gasteiger charge is 2.18. The van der Waals surface area contributed by atoms with Gasteiger partial charge < -0.3 is 10.4 Å². The summed E-state index contributed by atoms with van der Waals surface area (Å²) in [7, 11) is 0. The van der Waals surface area contributed by atoms with E-state index in [1.54, 1.807) is 18.2 Å². The topological polar surface area (TPSA) is 78.4 Å². The van der Waals surface area contributed by atoms with Crippen LogP contribution in [-0.2, 0) is 0 Å². The van der Waals surface area contributed by atoms with E-state index in [2.05, 4.69) is 10.6 Å². The minimum atomic E-state index is -1.11. The van der Waals surface area contributed by atoms with Crippen molar-refractivity contribution in [2.45, 2.75) is 0 Å². The van der Waals surface area contributed by atoms with Crippen molar-refractivity contribution >= 4 is 103 Å². The number of carboxylic acids is 1. The van der Waals surface area contributed by atoms with Gasteiger partial charge in [0, 0.05) is 7.14 Å². The van der Waals surface area contributed by atoms with Crippen molar-refractivity contribution < 1.29 is 14.7 Å². The van der Waals surface area contributed by atoms with Crippen LogP contribution in [0.4, 0.5) is 5.69 Å². The first-order valence-corrected chi connectivity index (χ1v) is 9.81. The minimum Gasteiger partial charge on any atom is -0.478 e. The highest BCUT2D eigenvalue weighted by molar-refractivity contribution is 14.1. The molecule has 5 nitrogen and oxygen atoms in total. The molecule has 0 saturated carbocycles. The number of halogens is 4. The fraction of sp³-hybridized carbons (Fsp3) is 0. The first-order chi connectivity index (χ1) is 11.7. The Balaban J connectivity index is 2.22. The number of rotatable bonds is 3. The van der Waals surface area contributed by atoms with E-state index in [1.165, 1.54) is 12.1 Å². The van der Waals surface area contributed by atoms with Gasteiger partial charge in [0.2, 0.25) is 0 Å². The van der Waals surface area contributed by atoms with Crippen LogP contribution in [-0.4, -0.2) is 22.1 Å². The average Bonchev–Trinajstić information content (AvgIpc) is 2.52. The summed E-state index contributed by atoms with van der Waals surface area (Å²) in [6.45, 7) is 0. The van der Waals surface area contributed by atoms with Gasteiger partial charge in [-0.05, 0) is 81.7 Å². The lowest BCUT2D eigenvalue weighted by Gasteiger charge is -2.14. The van der Waals surface area contributed by atoms with Crippen LogP contribution in [0.1, 0.15) is 20.7 Å². The zero-order chi connectivity index (χ0) is 18.7. The lowest BCUT2D eigenvalue weighted by atomic mass is 10.2. The number of thiocarbonyl (C=S) groups is 1. The molecule has 0 aromatic heterocycles. The molecular formula is C15H8Cl2I2N2O3S. The Morgan fingerprint density at radius 2 is 1.80 bits per heavy atom. The SMILES string of the molecule is O=C(NC(=S)Nc1c(I)cc(I)cc1C(=O)O)c1cccc(Cl)c1Cl. The lowest BCUT2D eigenvalue weighted by Crippen LogP contribution is -2.35. The molecule has 0 aliphatic heterocycles. The van der Waals surface area contributed by atoms with Gasteiger partial charge in [-0.2, -0.15) is 0 Å². The van der Waals surface area contributed by atoms with Crippen molar-refractivity contribution in [2.75, 3.05) is 5.32 Å². The first kappa shape index (κ1) is 20.6. The number of nitrogens with one attached hydrogen (secondary N) is 2. The molecular weight excluding hydrogens is 613 g/mol. The van der Waals surface area contributed by atoms with Crippen molar-refractivity contribution in [2.24, 2.45) is 0 Å². The average molecular weight is 621 g/mol. The maximum Gasteiger partial charge on any atom is 0.337 e. The smallest absolute Gasteiger partial charge is 0.337 e. The van der Waals surface area contributed by atoms with Crippen LogP contribution in [0.2, 0.25) is 10.0 Å². The van der Waals surface area contributed by atoms with Crippen LogP contribution in [0.25, 0.3) is 0 Å². The van der Waals surface area contributed by atoms with Crippen molar-refractivity contribution in [1.82, 2.24) is 5.32 Å². The van der Waals surface area contributed by atoms with Crippen LogP contribution in [0.15, 0.2) is 30.3 Å². The molecule has 0 spiro atoms. The second kappa shape index (κ2) is 8.80. The van der Waals surface area contributed by atoms with Gasteiger partial charge in [0.1, 0.15) is 0 Å². The predicted octanol–water partition coefficient (Wildman–Crippen LogP) is 5.03. The fourth-order valence-electron chi connectivity index (χ4n) is 1.86. The second-order valence-electron chi connectivity index (χ2n) is 4.62. The van der Waals surface area contributed by atoms with Gasteiger partial charge in [0.05, 0.1) is 26.9 Å². The summed E-state index contributed by atoms with van der Waals surface area (Å²) in [5.41, 5.74) is 0.513. The van der Waals surface area contributed by atoms with E-state index in [0.717, 1.165) is 3.57 Å². The third kappa shape index (κ3) is 5.16. The summed E-state index contributed by atoms with van der Waals surface area (Å²) >= 11 is 21.0. The van der Waals surface area contributed by atoms with Crippen molar-refractivity contribution in [3.8, 4) is 0 Å². The lowest BCUT2D eigenvalue weighted by molar-refractivity contribution is 0.0697. The normalized spacial score (nSPS) is 10.2. The van der Waals surface area contributed by atoms with Crippen molar-refractivity contribution in [3.63, 3.8) is 0 Å². The largest absolute Gasteiger partial charge is 0.478 e.